The highest BCUT2D eigenvalue weighted by Crippen LogP contribution is 2.14. The Kier molecular flexibility index (Phi) is 3.81. The normalized spacial score (nSPS) is 12.5. The van der Waals surface area contributed by atoms with Crippen LogP contribution in [0, 0.1) is 12.8 Å². The molecule has 0 radical (unpaired) electrons. The molecule has 0 aliphatic heterocycles. The van der Waals surface area contributed by atoms with Crippen LogP contribution < -0.4 is 0 Å². The molecule has 14 heavy (non-hydrogen) atoms. The van der Waals surface area contributed by atoms with E-state index in [0.29, 0.717) is 12.3 Å². The van der Waals surface area contributed by atoms with Gasteiger partial charge in [-0.3, -0.25) is 9.78 Å². The molecule has 2 heteroatoms. The Morgan fingerprint density at radius 1 is 1.57 bits per heavy atom. The number of Topliss-reactive ketones (excluding diaryl/α,β-unsaturated/α-hetero) is 1. The second-order valence-electron chi connectivity index (χ2n) is 3.83. The third-order valence-corrected chi connectivity index (χ3v) is 2.57. The van der Waals surface area contributed by atoms with Crippen LogP contribution in [-0.2, 0) is 0 Å². The smallest absolute Gasteiger partial charge is 0.164 e. The number of nitrogens with zero attached hydrogens (tertiary/aromatic N) is 1. The predicted molar refractivity (Wildman–Crippen MR) is 57.4 cm³/mol. The van der Waals surface area contributed by atoms with Crippen LogP contribution in [0.2, 0.25) is 0 Å². The number of hydrogen-bond donors (Lipinski definition) is 0. The van der Waals surface area contributed by atoms with Crippen molar-refractivity contribution in [2.75, 3.05) is 0 Å². The Hall–Kier alpha value is -1.18. The molecule has 1 aromatic rings. The molecule has 0 bridgehead atoms. The van der Waals surface area contributed by atoms with Crippen LogP contribution in [0.15, 0.2) is 18.5 Å². The third kappa shape index (κ3) is 2.66. The van der Waals surface area contributed by atoms with Crippen LogP contribution in [0.4, 0.5) is 0 Å². The van der Waals surface area contributed by atoms with Crippen LogP contribution in [0.5, 0.6) is 0 Å². The summed E-state index contributed by atoms with van der Waals surface area (Å²) in [6.07, 6.45) is 5.06. The minimum absolute atomic E-state index is 0.213. The molecule has 0 aliphatic carbocycles. The van der Waals surface area contributed by atoms with Crippen LogP contribution in [0.1, 0.15) is 42.6 Å². The van der Waals surface area contributed by atoms with Gasteiger partial charge in [-0.05, 0) is 24.5 Å². The van der Waals surface area contributed by atoms with Crippen molar-refractivity contribution in [1.82, 2.24) is 4.98 Å². The van der Waals surface area contributed by atoms with Gasteiger partial charge in [0.15, 0.2) is 5.78 Å². The van der Waals surface area contributed by atoms with Crippen molar-refractivity contribution >= 4 is 5.78 Å². The minimum atomic E-state index is 0.213. The number of aromatic nitrogens is 1. The van der Waals surface area contributed by atoms with E-state index >= 15 is 0 Å². The molecule has 1 atom stereocenters. The number of carbonyl (C=O) groups is 1. The molecule has 0 spiro atoms. The third-order valence-electron chi connectivity index (χ3n) is 2.57. The Morgan fingerprint density at radius 3 is 2.86 bits per heavy atom. The molecule has 1 heterocycles. The molecule has 0 fully saturated rings. The second-order valence-corrected chi connectivity index (χ2v) is 3.83. The quantitative estimate of drug-likeness (QED) is 0.685. The highest BCUT2D eigenvalue weighted by molar-refractivity contribution is 5.97. The molecule has 76 valence electrons. The first-order valence-electron chi connectivity index (χ1n) is 5.09. The first kappa shape index (κ1) is 10.9. The maximum absolute atomic E-state index is 11.8. The minimum Gasteiger partial charge on any atom is -0.294 e. The first-order valence-corrected chi connectivity index (χ1v) is 5.09. The topological polar surface area (TPSA) is 30.0 Å². The Labute approximate surface area is 85.4 Å². The molecular formula is C12H17NO. The van der Waals surface area contributed by atoms with Crippen LogP contribution in [0.3, 0.4) is 0 Å². The van der Waals surface area contributed by atoms with E-state index < -0.39 is 0 Å². The SMILES string of the molecule is CCC(C)CC(=O)c1cnccc1C. The molecule has 0 saturated heterocycles. The zero-order valence-corrected chi connectivity index (χ0v) is 9.08. The van der Waals surface area contributed by atoms with E-state index in [1.165, 1.54) is 0 Å². The van der Waals surface area contributed by atoms with Crippen LogP contribution >= 0.6 is 0 Å². The summed E-state index contributed by atoms with van der Waals surface area (Å²) in [6, 6.07) is 1.88. The summed E-state index contributed by atoms with van der Waals surface area (Å²) in [7, 11) is 0. The summed E-state index contributed by atoms with van der Waals surface area (Å²) in [5, 5.41) is 0. The maximum atomic E-state index is 11.8. The van der Waals surface area contributed by atoms with Gasteiger partial charge < -0.3 is 0 Å². The van der Waals surface area contributed by atoms with Crippen molar-refractivity contribution < 1.29 is 4.79 Å². The highest BCUT2D eigenvalue weighted by Gasteiger charge is 2.11. The molecule has 0 aromatic carbocycles. The lowest BCUT2D eigenvalue weighted by Crippen LogP contribution is -2.07. The van der Waals surface area contributed by atoms with Gasteiger partial charge in [0, 0.05) is 24.4 Å². The molecule has 0 saturated carbocycles. The van der Waals surface area contributed by atoms with Crippen molar-refractivity contribution in [3.05, 3.63) is 29.6 Å². The zero-order chi connectivity index (χ0) is 10.6. The van der Waals surface area contributed by atoms with Gasteiger partial charge in [0.05, 0.1) is 0 Å². The van der Waals surface area contributed by atoms with E-state index in [-0.39, 0.29) is 5.78 Å². The van der Waals surface area contributed by atoms with Crippen molar-refractivity contribution in [3.63, 3.8) is 0 Å². The average Bonchev–Trinajstić information content (AvgIpc) is 2.18. The molecule has 0 amide bonds. The van der Waals surface area contributed by atoms with Gasteiger partial charge >= 0.3 is 0 Å². The summed E-state index contributed by atoms with van der Waals surface area (Å²) in [5.41, 5.74) is 1.79. The summed E-state index contributed by atoms with van der Waals surface area (Å²) in [5.74, 6) is 0.673. The fraction of sp³-hybridized carbons (Fsp3) is 0.500. The van der Waals surface area contributed by atoms with Gasteiger partial charge in [0.1, 0.15) is 0 Å². The van der Waals surface area contributed by atoms with Crippen molar-refractivity contribution in [2.24, 2.45) is 5.92 Å². The van der Waals surface area contributed by atoms with Crippen LogP contribution in [-0.4, -0.2) is 10.8 Å². The van der Waals surface area contributed by atoms with E-state index in [1.54, 1.807) is 12.4 Å². The fourth-order valence-corrected chi connectivity index (χ4v) is 1.33. The summed E-state index contributed by atoms with van der Waals surface area (Å²) in [6.45, 7) is 6.16. The van der Waals surface area contributed by atoms with Crippen LogP contribution in [0.25, 0.3) is 0 Å². The molecule has 2 nitrogen and oxygen atoms in total. The Bertz CT molecular complexity index is 320. The Balaban J connectivity index is 2.75. The molecule has 1 unspecified atom stereocenters. The molecular weight excluding hydrogens is 174 g/mol. The molecule has 1 rings (SSSR count). The number of hydrogen-bond acceptors (Lipinski definition) is 2. The van der Waals surface area contributed by atoms with E-state index in [4.69, 9.17) is 0 Å². The number of rotatable bonds is 4. The number of pyridine rings is 1. The fourth-order valence-electron chi connectivity index (χ4n) is 1.33. The predicted octanol–water partition coefficient (Wildman–Crippen LogP) is 3.01. The lowest BCUT2D eigenvalue weighted by Gasteiger charge is -2.08. The molecule has 0 N–H and O–H groups in total. The van der Waals surface area contributed by atoms with E-state index in [1.807, 2.05) is 13.0 Å². The first-order chi connectivity index (χ1) is 6.65. The van der Waals surface area contributed by atoms with E-state index in [9.17, 15) is 4.79 Å². The number of aryl methyl sites for hydroxylation is 1. The van der Waals surface area contributed by atoms with Gasteiger partial charge in [-0.15, -0.1) is 0 Å². The van der Waals surface area contributed by atoms with Gasteiger partial charge in [-0.2, -0.15) is 0 Å². The summed E-state index contributed by atoms with van der Waals surface area (Å²) in [4.78, 5) is 15.8. The van der Waals surface area contributed by atoms with Gasteiger partial charge in [0.25, 0.3) is 0 Å². The van der Waals surface area contributed by atoms with Gasteiger partial charge in [0.2, 0.25) is 0 Å². The lowest BCUT2D eigenvalue weighted by atomic mass is 9.97. The average molecular weight is 191 g/mol. The number of ketones is 1. The van der Waals surface area contributed by atoms with Gasteiger partial charge in [-0.25, -0.2) is 0 Å². The zero-order valence-electron chi connectivity index (χ0n) is 9.08. The van der Waals surface area contributed by atoms with Crippen molar-refractivity contribution in [1.29, 1.82) is 0 Å². The van der Waals surface area contributed by atoms with Crippen molar-refractivity contribution in [3.8, 4) is 0 Å². The molecule has 0 aliphatic rings. The standard InChI is InChI=1S/C12H17NO/c1-4-9(2)7-12(14)11-8-13-6-5-10(11)3/h5-6,8-9H,4,7H2,1-3H3. The maximum Gasteiger partial charge on any atom is 0.164 e. The highest BCUT2D eigenvalue weighted by atomic mass is 16.1. The van der Waals surface area contributed by atoms with Crippen molar-refractivity contribution in [2.45, 2.75) is 33.6 Å². The van der Waals surface area contributed by atoms with E-state index in [2.05, 4.69) is 18.8 Å². The molecule has 1 aromatic heterocycles. The van der Waals surface area contributed by atoms with Gasteiger partial charge in [-0.1, -0.05) is 20.3 Å². The lowest BCUT2D eigenvalue weighted by molar-refractivity contribution is 0.0962. The monoisotopic (exact) mass is 191 g/mol. The largest absolute Gasteiger partial charge is 0.294 e. The summed E-state index contributed by atoms with van der Waals surface area (Å²) < 4.78 is 0. The summed E-state index contributed by atoms with van der Waals surface area (Å²) >= 11 is 0. The second kappa shape index (κ2) is 4.89. The number of carbonyl (C=O) groups excluding carboxylic acids is 1. The Morgan fingerprint density at radius 2 is 2.29 bits per heavy atom. The van der Waals surface area contributed by atoms with E-state index in [0.717, 1.165) is 17.5 Å².